The molecule has 0 bridgehead atoms. The highest BCUT2D eigenvalue weighted by Gasteiger charge is 2.12. The summed E-state index contributed by atoms with van der Waals surface area (Å²) in [6, 6.07) is 18.5. The summed E-state index contributed by atoms with van der Waals surface area (Å²) in [6.07, 6.45) is 6.23. The fourth-order valence-corrected chi connectivity index (χ4v) is 4.09. The van der Waals surface area contributed by atoms with E-state index in [1.807, 2.05) is 12.1 Å². The van der Waals surface area contributed by atoms with Gasteiger partial charge in [0.25, 0.3) is 5.91 Å². The Labute approximate surface area is 200 Å². The van der Waals surface area contributed by atoms with Gasteiger partial charge in [0, 0.05) is 59.5 Å². The second-order valence-electron chi connectivity index (χ2n) is 8.09. The standard InChI is InChI=1S/C27H21ClFN3O2/c28-24-16-31-26-14-25(29)20(13-23(24)26)15-32-27(33)19-7-8-30-21(12-19)10-17-3-5-18(6-4-17)11-22-2-1-9-34-22/h1-9,12-14,16,31H,10-11,15H2,(H,32,33). The van der Waals surface area contributed by atoms with Crippen molar-refractivity contribution in [2.45, 2.75) is 19.4 Å². The van der Waals surface area contributed by atoms with E-state index in [2.05, 4.69) is 39.6 Å². The van der Waals surface area contributed by atoms with Crippen LogP contribution in [-0.4, -0.2) is 15.9 Å². The summed E-state index contributed by atoms with van der Waals surface area (Å²) in [5, 5.41) is 4.01. The van der Waals surface area contributed by atoms with E-state index in [1.165, 1.54) is 6.07 Å². The zero-order valence-corrected chi connectivity index (χ0v) is 18.9. The second kappa shape index (κ2) is 9.53. The lowest BCUT2D eigenvalue weighted by Gasteiger charge is -2.09. The lowest BCUT2D eigenvalue weighted by atomic mass is 10.0. The first-order valence-corrected chi connectivity index (χ1v) is 11.2. The number of carbonyl (C=O) groups is 1. The van der Waals surface area contributed by atoms with Gasteiger partial charge in [0.05, 0.1) is 11.3 Å². The van der Waals surface area contributed by atoms with Crippen LogP contribution in [0.1, 0.15) is 38.5 Å². The van der Waals surface area contributed by atoms with Crippen LogP contribution in [0, 0.1) is 5.82 Å². The van der Waals surface area contributed by atoms with Crippen molar-refractivity contribution in [1.29, 1.82) is 0 Å². The van der Waals surface area contributed by atoms with Crippen LogP contribution in [0.4, 0.5) is 4.39 Å². The number of pyridine rings is 1. The van der Waals surface area contributed by atoms with Gasteiger partial charge < -0.3 is 14.7 Å². The summed E-state index contributed by atoms with van der Waals surface area (Å²) in [5.74, 6) is 0.221. The number of halogens is 2. The minimum Gasteiger partial charge on any atom is -0.469 e. The summed E-state index contributed by atoms with van der Waals surface area (Å²) < 4.78 is 19.8. The van der Waals surface area contributed by atoms with Gasteiger partial charge in [-0.05, 0) is 47.5 Å². The SMILES string of the molecule is O=C(NCc1cc2c(Cl)c[nH]c2cc1F)c1ccnc(Cc2ccc(Cc3ccco3)cc2)c1. The second-order valence-corrected chi connectivity index (χ2v) is 8.50. The first-order chi connectivity index (χ1) is 16.5. The van der Waals surface area contributed by atoms with Gasteiger partial charge in [0.2, 0.25) is 0 Å². The summed E-state index contributed by atoms with van der Waals surface area (Å²) in [7, 11) is 0. The van der Waals surface area contributed by atoms with Gasteiger partial charge in [-0.1, -0.05) is 35.9 Å². The van der Waals surface area contributed by atoms with Gasteiger partial charge in [-0.3, -0.25) is 9.78 Å². The number of rotatable bonds is 7. The fourth-order valence-electron chi connectivity index (χ4n) is 3.88. The highest BCUT2D eigenvalue weighted by atomic mass is 35.5. The summed E-state index contributed by atoms with van der Waals surface area (Å²) in [4.78, 5) is 20.0. The molecule has 7 heteroatoms. The molecular weight excluding hydrogens is 453 g/mol. The molecule has 3 heterocycles. The van der Waals surface area contributed by atoms with Crippen LogP contribution in [0.2, 0.25) is 5.02 Å². The molecule has 34 heavy (non-hydrogen) atoms. The number of furan rings is 1. The van der Waals surface area contributed by atoms with Crippen LogP contribution >= 0.6 is 11.6 Å². The lowest BCUT2D eigenvalue weighted by Crippen LogP contribution is -2.23. The van der Waals surface area contributed by atoms with E-state index in [9.17, 15) is 9.18 Å². The predicted molar refractivity (Wildman–Crippen MR) is 129 cm³/mol. The normalized spacial score (nSPS) is 11.1. The number of carbonyl (C=O) groups excluding carboxylic acids is 1. The van der Waals surface area contributed by atoms with Crippen molar-refractivity contribution in [1.82, 2.24) is 15.3 Å². The monoisotopic (exact) mass is 473 g/mol. The van der Waals surface area contributed by atoms with Crippen molar-refractivity contribution in [3.63, 3.8) is 0 Å². The Morgan fingerprint density at radius 3 is 2.62 bits per heavy atom. The molecule has 2 aromatic carbocycles. The third kappa shape index (κ3) is 4.87. The molecule has 0 aliphatic heterocycles. The zero-order valence-electron chi connectivity index (χ0n) is 18.1. The average Bonchev–Trinajstić information content (AvgIpc) is 3.48. The Balaban J connectivity index is 1.23. The number of nitrogens with one attached hydrogen (secondary N) is 2. The summed E-state index contributed by atoms with van der Waals surface area (Å²) in [5.41, 5.74) is 4.48. The van der Waals surface area contributed by atoms with E-state index in [1.54, 1.807) is 36.9 Å². The van der Waals surface area contributed by atoms with Gasteiger partial charge in [-0.25, -0.2) is 4.39 Å². The van der Waals surface area contributed by atoms with E-state index in [0.29, 0.717) is 33.5 Å². The van der Waals surface area contributed by atoms with Crippen LogP contribution in [0.25, 0.3) is 10.9 Å². The van der Waals surface area contributed by atoms with Crippen molar-refractivity contribution in [3.05, 3.63) is 124 Å². The maximum absolute atomic E-state index is 14.4. The highest BCUT2D eigenvalue weighted by molar-refractivity contribution is 6.35. The van der Waals surface area contributed by atoms with Gasteiger partial charge in [0.15, 0.2) is 0 Å². The van der Waals surface area contributed by atoms with E-state index < -0.39 is 5.82 Å². The zero-order chi connectivity index (χ0) is 23.5. The Bertz CT molecular complexity index is 1440. The summed E-state index contributed by atoms with van der Waals surface area (Å²) in [6.45, 7) is 0.0525. The minimum atomic E-state index is -0.405. The molecule has 0 unspecified atom stereocenters. The number of benzene rings is 2. The Hall–Kier alpha value is -3.90. The topological polar surface area (TPSA) is 70.9 Å². The van der Waals surface area contributed by atoms with Crippen molar-refractivity contribution >= 4 is 28.4 Å². The molecule has 0 aliphatic carbocycles. The van der Waals surface area contributed by atoms with Crippen molar-refractivity contribution in [2.24, 2.45) is 0 Å². The number of aromatic amines is 1. The number of aromatic nitrogens is 2. The van der Waals surface area contributed by atoms with E-state index in [-0.39, 0.29) is 12.5 Å². The maximum Gasteiger partial charge on any atom is 0.251 e. The van der Waals surface area contributed by atoms with E-state index in [0.717, 1.165) is 29.0 Å². The maximum atomic E-state index is 14.4. The molecule has 0 saturated carbocycles. The first kappa shape index (κ1) is 21.9. The van der Waals surface area contributed by atoms with Gasteiger partial charge in [-0.2, -0.15) is 0 Å². The fraction of sp³-hybridized carbons (Fsp3) is 0.111. The van der Waals surface area contributed by atoms with Gasteiger partial charge in [0.1, 0.15) is 11.6 Å². The van der Waals surface area contributed by atoms with Crippen molar-refractivity contribution in [3.8, 4) is 0 Å². The average molecular weight is 474 g/mol. The minimum absolute atomic E-state index is 0.0525. The Morgan fingerprint density at radius 2 is 1.85 bits per heavy atom. The number of hydrogen-bond donors (Lipinski definition) is 2. The lowest BCUT2D eigenvalue weighted by molar-refractivity contribution is 0.0950. The number of fused-ring (bicyclic) bond motifs is 1. The molecule has 5 aromatic rings. The molecule has 0 atom stereocenters. The molecule has 170 valence electrons. The van der Waals surface area contributed by atoms with Crippen LogP contribution in [0.5, 0.6) is 0 Å². The highest BCUT2D eigenvalue weighted by Crippen LogP contribution is 2.25. The third-order valence-electron chi connectivity index (χ3n) is 5.68. The molecule has 0 fully saturated rings. The number of nitrogens with zero attached hydrogens (tertiary/aromatic N) is 1. The molecule has 0 aliphatic rings. The molecule has 2 N–H and O–H groups in total. The van der Waals surface area contributed by atoms with E-state index >= 15 is 0 Å². The molecule has 5 nitrogen and oxygen atoms in total. The Kier molecular flexibility index (Phi) is 6.14. The third-order valence-corrected chi connectivity index (χ3v) is 6.00. The quantitative estimate of drug-likeness (QED) is 0.302. The number of H-pyrrole nitrogens is 1. The van der Waals surface area contributed by atoms with Gasteiger partial charge >= 0.3 is 0 Å². The smallest absolute Gasteiger partial charge is 0.251 e. The molecule has 3 aromatic heterocycles. The number of hydrogen-bond acceptors (Lipinski definition) is 3. The van der Waals surface area contributed by atoms with Gasteiger partial charge in [-0.15, -0.1) is 0 Å². The largest absolute Gasteiger partial charge is 0.469 e. The molecular formula is C27H21ClFN3O2. The first-order valence-electron chi connectivity index (χ1n) is 10.8. The predicted octanol–water partition coefficient (Wildman–Crippen LogP) is 6.06. The van der Waals surface area contributed by atoms with Crippen LogP contribution in [-0.2, 0) is 19.4 Å². The molecule has 5 rings (SSSR count). The molecule has 0 radical (unpaired) electrons. The molecule has 1 amide bonds. The summed E-state index contributed by atoms with van der Waals surface area (Å²) >= 11 is 6.13. The molecule has 0 saturated heterocycles. The van der Waals surface area contributed by atoms with Crippen LogP contribution < -0.4 is 5.32 Å². The Morgan fingerprint density at radius 1 is 1.06 bits per heavy atom. The van der Waals surface area contributed by atoms with Crippen LogP contribution in [0.15, 0.2) is 83.7 Å². The van der Waals surface area contributed by atoms with Crippen molar-refractivity contribution < 1.29 is 13.6 Å². The molecule has 0 spiro atoms. The van der Waals surface area contributed by atoms with Crippen LogP contribution in [0.3, 0.4) is 0 Å². The van der Waals surface area contributed by atoms with Crippen molar-refractivity contribution in [2.75, 3.05) is 0 Å². The number of amides is 1. The van der Waals surface area contributed by atoms with E-state index in [4.69, 9.17) is 16.0 Å².